The molecule has 0 spiro atoms. The molecule has 0 amide bonds. The molecule has 2 rings (SSSR count). The van der Waals surface area contributed by atoms with E-state index in [0.717, 1.165) is 11.3 Å². The van der Waals surface area contributed by atoms with Crippen molar-refractivity contribution < 1.29 is 4.74 Å². The van der Waals surface area contributed by atoms with Gasteiger partial charge in [-0.1, -0.05) is 36.4 Å². The third kappa shape index (κ3) is 4.58. The van der Waals surface area contributed by atoms with Crippen molar-refractivity contribution in [2.24, 2.45) is 5.73 Å². The van der Waals surface area contributed by atoms with E-state index in [9.17, 15) is 0 Å². The van der Waals surface area contributed by atoms with Gasteiger partial charge in [-0.25, -0.2) is 0 Å². The van der Waals surface area contributed by atoms with Gasteiger partial charge in [-0.2, -0.15) is 0 Å². The molecular weight excluding hydrogens is 258 g/mol. The zero-order valence-corrected chi connectivity index (χ0v) is 12.1. The first-order chi connectivity index (χ1) is 8.65. The number of aryl methyl sites for hydroxylation is 2. The van der Waals surface area contributed by atoms with Gasteiger partial charge in [0.2, 0.25) is 0 Å². The summed E-state index contributed by atoms with van der Waals surface area (Å²) in [6.07, 6.45) is 0. The fraction of sp³-hybridized carbons (Fsp3) is 0.250. The summed E-state index contributed by atoms with van der Waals surface area (Å²) in [5.41, 5.74) is 9.61. The van der Waals surface area contributed by atoms with Gasteiger partial charge in [0, 0.05) is 0 Å². The number of benzene rings is 2. The second kappa shape index (κ2) is 7.17. The molecule has 2 aromatic carbocycles. The normalized spacial score (nSPS) is 11.5. The van der Waals surface area contributed by atoms with Crippen LogP contribution in [0.2, 0.25) is 0 Å². The second-order valence-corrected chi connectivity index (χ2v) is 4.65. The second-order valence-electron chi connectivity index (χ2n) is 4.65. The molecule has 0 saturated heterocycles. The summed E-state index contributed by atoms with van der Waals surface area (Å²) in [7, 11) is 0. The summed E-state index contributed by atoms with van der Waals surface area (Å²) in [6.45, 7) is 4.63. The number of halogens is 1. The van der Waals surface area contributed by atoms with Crippen LogP contribution in [0.25, 0.3) is 0 Å². The highest BCUT2D eigenvalue weighted by Crippen LogP contribution is 2.18. The summed E-state index contributed by atoms with van der Waals surface area (Å²) in [4.78, 5) is 0. The van der Waals surface area contributed by atoms with Gasteiger partial charge >= 0.3 is 0 Å². The van der Waals surface area contributed by atoms with Crippen molar-refractivity contribution in [2.45, 2.75) is 19.9 Å². The van der Waals surface area contributed by atoms with Crippen LogP contribution in [0.4, 0.5) is 0 Å². The van der Waals surface area contributed by atoms with Crippen LogP contribution >= 0.6 is 12.4 Å². The Kier molecular flexibility index (Phi) is 5.87. The smallest absolute Gasteiger partial charge is 0.119 e. The SMILES string of the molecule is Cc1cc(C)cc(OC[C@@H](N)c2ccccc2)c1.Cl. The van der Waals surface area contributed by atoms with E-state index < -0.39 is 0 Å². The summed E-state index contributed by atoms with van der Waals surface area (Å²) >= 11 is 0. The molecule has 0 aromatic heterocycles. The zero-order valence-electron chi connectivity index (χ0n) is 11.3. The fourth-order valence-corrected chi connectivity index (χ4v) is 2.00. The van der Waals surface area contributed by atoms with E-state index in [1.54, 1.807) is 0 Å². The third-order valence-electron chi connectivity index (χ3n) is 2.85. The molecule has 0 heterocycles. The Labute approximate surface area is 121 Å². The molecule has 0 aliphatic heterocycles. The Bertz CT molecular complexity index is 493. The first-order valence-electron chi connectivity index (χ1n) is 6.17. The molecule has 0 aliphatic rings. The molecule has 1 atom stereocenters. The van der Waals surface area contributed by atoms with Crippen molar-refractivity contribution in [1.29, 1.82) is 0 Å². The number of ether oxygens (including phenoxy) is 1. The fourth-order valence-electron chi connectivity index (χ4n) is 2.00. The van der Waals surface area contributed by atoms with Crippen molar-refractivity contribution in [3.63, 3.8) is 0 Å². The minimum Gasteiger partial charge on any atom is -0.492 e. The van der Waals surface area contributed by atoms with Crippen LogP contribution in [-0.4, -0.2) is 6.61 Å². The maximum absolute atomic E-state index is 6.09. The quantitative estimate of drug-likeness (QED) is 0.922. The van der Waals surface area contributed by atoms with Crippen molar-refractivity contribution in [3.05, 3.63) is 65.2 Å². The van der Waals surface area contributed by atoms with Crippen LogP contribution in [0.15, 0.2) is 48.5 Å². The van der Waals surface area contributed by atoms with Gasteiger partial charge in [-0.3, -0.25) is 0 Å². The molecule has 2 nitrogen and oxygen atoms in total. The summed E-state index contributed by atoms with van der Waals surface area (Å²) in [5, 5.41) is 0. The Balaban J connectivity index is 0.00000180. The van der Waals surface area contributed by atoms with Crippen LogP contribution in [0, 0.1) is 13.8 Å². The average molecular weight is 278 g/mol. The van der Waals surface area contributed by atoms with E-state index in [0.29, 0.717) is 6.61 Å². The van der Waals surface area contributed by atoms with Crippen molar-refractivity contribution in [1.82, 2.24) is 0 Å². The van der Waals surface area contributed by atoms with Crippen LogP contribution in [-0.2, 0) is 0 Å². The van der Waals surface area contributed by atoms with Gasteiger partial charge < -0.3 is 10.5 Å². The van der Waals surface area contributed by atoms with Crippen molar-refractivity contribution >= 4 is 12.4 Å². The largest absolute Gasteiger partial charge is 0.492 e. The Morgan fingerprint density at radius 2 is 1.58 bits per heavy atom. The summed E-state index contributed by atoms with van der Waals surface area (Å²) in [6, 6.07) is 16.1. The van der Waals surface area contributed by atoms with Gasteiger partial charge in [0.15, 0.2) is 0 Å². The predicted molar refractivity (Wildman–Crippen MR) is 82.0 cm³/mol. The lowest BCUT2D eigenvalue weighted by Crippen LogP contribution is -2.18. The van der Waals surface area contributed by atoms with Crippen LogP contribution in [0.3, 0.4) is 0 Å². The lowest BCUT2D eigenvalue weighted by Gasteiger charge is -2.14. The maximum Gasteiger partial charge on any atom is 0.119 e. The van der Waals surface area contributed by atoms with Crippen LogP contribution in [0.5, 0.6) is 5.75 Å². The highest BCUT2D eigenvalue weighted by molar-refractivity contribution is 5.85. The molecular formula is C16H20ClNO. The minimum absolute atomic E-state index is 0. The highest BCUT2D eigenvalue weighted by atomic mass is 35.5. The highest BCUT2D eigenvalue weighted by Gasteiger charge is 2.06. The van der Waals surface area contributed by atoms with E-state index in [-0.39, 0.29) is 18.4 Å². The van der Waals surface area contributed by atoms with Crippen LogP contribution in [0.1, 0.15) is 22.7 Å². The molecule has 0 aliphatic carbocycles. The molecule has 19 heavy (non-hydrogen) atoms. The van der Waals surface area contributed by atoms with Crippen LogP contribution < -0.4 is 10.5 Å². The van der Waals surface area contributed by atoms with E-state index in [2.05, 4.69) is 19.9 Å². The van der Waals surface area contributed by atoms with E-state index in [4.69, 9.17) is 10.5 Å². The minimum atomic E-state index is -0.0907. The Hall–Kier alpha value is -1.51. The van der Waals surface area contributed by atoms with Gasteiger partial charge in [0.25, 0.3) is 0 Å². The first-order valence-corrected chi connectivity index (χ1v) is 6.17. The monoisotopic (exact) mass is 277 g/mol. The average Bonchev–Trinajstić information content (AvgIpc) is 2.36. The number of hydrogen-bond acceptors (Lipinski definition) is 2. The Morgan fingerprint density at radius 3 is 2.16 bits per heavy atom. The molecule has 0 fully saturated rings. The zero-order chi connectivity index (χ0) is 13.0. The number of nitrogens with two attached hydrogens (primary N) is 1. The molecule has 0 saturated carbocycles. The van der Waals surface area contributed by atoms with E-state index >= 15 is 0 Å². The molecule has 0 radical (unpaired) electrons. The van der Waals surface area contributed by atoms with Gasteiger partial charge in [-0.05, 0) is 42.7 Å². The van der Waals surface area contributed by atoms with Crippen molar-refractivity contribution in [3.8, 4) is 5.75 Å². The maximum atomic E-state index is 6.09. The molecule has 2 N–H and O–H groups in total. The lowest BCUT2D eigenvalue weighted by atomic mass is 10.1. The third-order valence-corrected chi connectivity index (χ3v) is 2.85. The summed E-state index contributed by atoms with van der Waals surface area (Å²) in [5.74, 6) is 0.888. The molecule has 102 valence electrons. The molecule has 0 unspecified atom stereocenters. The van der Waals surface area contributed by atoms with Gasteiger partial charge in [-0.15, -0.1) is 12.4 Å². The predicted octanol–water partition coefficient (Wildman–Crippen LogP) is 3.80. The van der Waals surface area contributed by atoms with E-state index in [1.165, 1.54) is 11.1 Å². The number of hydrogen-bond donors (Lipinski definition) is 1. The molecule has 2 aromatic rings. The molecule has 0 bridgehead atoms. The first kappa shape index (κ1) is 15.5. The van der Waals surface area contributed by atoms with Gasteiger partial charge in [0.05, 0.1) is 6.04 Å². The summed E-state index contributed by atoms with van der Waals surface area (Å²) < 4.78 is 5.76. The number of rotatable bonds is 4. The van der Waals surface area contributed by atoms with Crippen molar-refractivity contribution in [2.75, 3.05) is 6.61 Å². The van der Waals surface area contributed by atoms with Gasteiger partial charge in [0.1, 0.15) is 12.4 Å². The van der Waals surface area contributed by atoms with E-state index in [1.807, 2.05) is 42.5 Å². The molecule has 3 heteroatoms. The Morgan fingerprint density at radius 1 is 1.00 bits per heavy atom. The standard InChI is InChI=1S/C16H19NO.ClH/c1-12-8-13(2)10-15(9-12)18-11-16(17)14-6-4-3-5-7-14;/h3-10,16H,11,17H2,1-2H3;1H/t16-;/m1./s1. The topological polar surface area (TPSA) is 35.2 Å². The lowest BCUT2D eigenvalue weighted by molar-refractivity contribution is 0.290.